The second kappa shape index (κ2) is 10.1. The van der Waals surface area contributed by atoms with Gasteiger partial charge < -0.3 is 10.2 Å². The Balaban J connectivity index is 1.80. The number of likely N-dealkylation sites (tertiary alicyclic amines) is 1. The van der Waals surface area contributed by atoms with Crippen molar-refractivity contribution in [3.63, 3.8) is 0 Å². The van der Waals surface area contributed by atoms with E-state index in [1.165, 1.54) is 0 Å². The first-order valence-electron chi connectivity index (χ1n) is 10.5. The van der Waals surface area contributed by atoms with E-state index in [9.17, 15) is 18.0 Å². The quantitative estimate of drug-likeness (QED) is 0.657. The average Bonchev–Trinajstić information content (AvgIpc) is 2.69. The molecule has 0 radical (unpaired) electrons. The van der Waals surface area contributed by atoms with Crippen molar-refractivity contribution in [3.05, 3.63) is 59.0 Å². The molecular weight excluding hydrogens is 391 g/mol. The zero-order valence-electron chi connectivity index (χ0n) is 17.4. The average molecular weight is 419 g/mol. The third-order valence-electron chi connectivity index (χ3n) is 5.83. The lowest BCUT2D eigenvalue weighted by atomic mass is 9.79. The second-order valence-corrected chi connectivity index (χ2v) is 8.04. The van der Waals surface area contributed by atoms with Crippen molar-refractivity contribution in [2.75, 3.05) is 25.5 Å². The number of benzene rings is 1. The molecule has 0 bridgehead atoms. The van der Waals surface area contributed by atoms with E-state index >= 15 is 0 Å². The van der Waals surface area contributed by atoms with Crippen LogP contribution in [-0.2, 0) is 0 Å². The minimum Gasteiger partial charge on any atom is -0.306 e. The van der Waals surface area contributed by atoms with Crippen LogP contribution in [0.3, 0.4) is 0 Å². The van der Waals surface area contributed by atoms with Crippen molar-refractivity contribution in [1.29, 1.82) is 0 Å². The molecule has 1 atom stereocenters. The lowest BCUT2D eigenvalue weighted by molar-refractivity contribution is 0.101. The highest BCUT2D eigenvalue weighted by Gasteiger charge is 2.27. The van der Waals surface area contributed by atoms with E-state index in [2.05, 4.69) is 29.2 Å². The number of aromatic nitrogens is 1. The molecule has 3 rings (SSSR count). The number of hydrogen-bond donors (Lipinski definition) is 1. The number of rotatable bonds is 7. The summed E-state index contributed by atoms with van der Waals surface area (Å²) in [5.41, 5.74) is 0.0670. The number of unbranched alkanes of at least 4 members (excludes halogenated alkanes) is 1. The van der Waals surface area contributed by atoms with E-state index in [4.69, 9.17) is 0 Å². The SMILES string of the molecule is CCCCC(c1cccc(NC(=O)c2c(F)cc(F)cc2F)n1)C1CCN(C)CC1. The molecular formula is C23H28F3N3O. The van der Waals surface area contributed by atoms with Gasteiger partial charge in [-0.1, -0.05) is 25.8 Å². The Kier molecular flexibility index (Phi) is 7.48. The number of pyridine rings is 1. The fraction of sp³-hybridized carbons (Fsp3) is 0.478. The maximum Gasteiger partial charge on any atom is 0.262 e. The molecule has 1 aliphatic heterocycles. The first-order valence-corrected chi connectivity index (χ1v) is 10.5. The van der Waals surface area contributed by atoms with Crippen LogP contribution in [0.5, 0.6) is 0 Å². The van der Waals surface area contributed by atoms with E-state index in [1.54, 1.807) is 12.1 Å². The molecule has 1 saturated heterocycles. The molecule has 2 heterocycles. The number of piperidine rings is 1. The van der Waals surface area contributed by atoms with Crippen LogP contribution in [0.2, 0.25) is 0 Å². The third-order valence-corrected chi connectivity index (χ3v) is 5.83. The predicted molar refractivity (Wildman–Crippen MR) is 111 cm³/mol. The Morgan fingerprint density at radius 1 is 1.20 bits per heavy atom. The van der Waals surface area contributed by atoms with Gasteiger partial charge >= 0.3 is 0 Å². The van der Waals surface area contributed by atoms with Crippen LogP contribution in [0.15, 0.2) is 30.3 Å². The van der Waals surface area contributed by atoms with Crippen LogP contribution in [-0.4, -0.2) is 35.9 Å². The molecule has 1 unspecified atom stereocenters. The van der Waals surface area contributed by atoms with Gasteiger partial charge in [-0.25, -0.2) is 18.2 Å². The first kappa shape index (κ1) is 22.3. The summed E-state index contributed by atoms with van der Waals surface area (Å²) in [7, 11) is 2.12. The highest BCUT2D eigenvalue weighted by atomic mass is 19.1. The summed E-state index contributed by atoms with van der Waals surface area (Å²) in [5, 5.41) is 2.46. The number of anilines is 1. The van der Waals surface area contributed by atoms with Gasteiger partial charge in [0.15, 0.2) is 0 Å². The van der Waals surface area contributed by atoms with Gasteiger partial charge in [-0.2, -0.15) is 0 Å². The Labute approximate surface area is 175 Å². The smallest absolute Gasteiger partial charge is 0.262 e. The highest BCUT2D eigenvalue weighted by Crippen LogP contribution is 2.36. The van der Waals surface area contributed by atoms with Crippen molar-refractivity contribution in [2.45, 2.75) is 44.9 Å². The largest absolute Gasteiger partial charge is 0.306 e. The molecule has 162 valence electrons. The first-order chi connectivity index (χ1) is 14.4. The Morgan fingerprint density at radius 3 is 2.50 bits per heavy atom. The number of halogens is 3. The summed E-state index contributed by atoms with van der Waals surface area (Å²) in [6.45, 7) is 4.25. The zero-order chi connectivity index (χ0) is 21.7. The lowest BCUT2D eigenvalue weighted by Crippen LogP contribution is -2.33. The van der Waals surface area contributed by atoms with Crippen molar-refractivity contribution < 1.29 is 18.0 Å². The van der Waals surface area contributed by atoms with Gasteiger partial charge in [-0.15, -0.1) is 0 Å². The van der Waals surface area contributed by atoms with Gasteiger partial charge in [-0.05, 0) is 57.5 Å². The minimum absolute atomic E-state index is 0.232. The Bertz CT molecular complexity index is 859. The van der Waals surface area contributed by atoms with Gasteiger partial charge in [0.2, 0.25) is 0 Å². The number of carbonyl (C=O) groups is 1. The predicted octanol–water partition coefficient (Wildman–Crippen LogP) is 5.37. The van der Waals surface area contributed by atoms with Crippen LogP contribution in [0.1, 0.15) is 61.0 Å². The molecule has 0 spiro atoms. The topological polar surface area (TPSA) is 45.2 Å². The van der Waals surface area contributed by atoms with Gasteiger partial charge in [0.25, 0.3) is 5.91 Å². The van der Waals surface area contributed by atoms with Crippen molar-refractivity contribution in [1.82, 2.24) is 9.88 Å². The number of nitrogens with one attached hydrogen (secondary N) is 1. The number of carbonyl (C=O) groups excluding carboxylic acids is 1. The van der Waals surface area contributed by atoms with Crippen molar-refractivity contribution in [2.24, 2.45) is 5.92 Å². The molecule has 30 heavy (non-hydrogen) atoms. The van der Waals surface area contributed by atoms with E-state index < -0.39 is 28.9 Å². The second-order valence-electron chi connectivity index (χ2n) is 8.04. The molecule has 0 aliphatic carbocycles. The molecule has 1 aliphatic rings. The molecule has 1 amide bonds. The Morgan fingerprint density at radius 2 is 1.87 bits per heavy atom. The van der Waals surface area contributed by atoms with Crippen LogP contribution in [0.25, 0.3) is 0 Å². The van der Waals surface area contributed by atoms with Crippen LogP contribution in [0, 0.1) is 23.4 Å². The molecule has 4 nitrogen and oxygen atoms in total. The molecule has 2 aromatic rings. The molecule has 1 fully saturated rings. The normalized spacial score (nSPS) is 16.4. The molecule has 1 aromatic heterocycles. The maximum absolute atomic E-state index is 13.9. The zero-order valence-corrected chi connectivity index (χ0v) is 17.4. The van der Waals surface area contributed by atoms with Crippen molar-refractivity contribution >= 4 is 11.7 Å². The van der Waals surface area contributed by atoms with E-state index in [-0.39, 0.29) is 11.7 Å². The number of amides is 1. The van der Waals surface area contributed by atoms with Gasteiger partial charge in [0.05, 0.1) is 0 Å². The van der Waals surface area contributed by atoms with Crippen LogP contribution >= 0.6 is 0 Å². The third kappa shape index (κ3) is 5.39. The summed E-state index contributed by atoms with van der Waals surface area (Å²) < 4.78 is 41.0. The number of nitrogens with zero attached hydrogens (tertiary/aromatic N) is 2. The monoisotopic (exact) mass is 419 g/mol. The van der Waals surface area contributed by atoms with Gasteiger partial charge in [0, 0.05) is 23.7 Å². The highest BCUT2D eigenvalue weighted by molar-refractivity contribution is 6.04. The van der Waals surface area contributed by atoms with Crippen LogP contribution in [0.4, 0.5) is 19.0 Å². The maximum atomic E-state index is 13.9. The summed E-state index contributed by atoms with van der Waals surface area (Å²) in [4.78, 5) is 19.3. The Hall–Kier alpha value is -2.41. The van der Waals surface area contributed by atoms with E-state index in [0.29, 0.717) is 18.1 Å². The summed E-state index contributed by atoms with van der Waals surface area (Å²) in [6.07, 6.45) is 5.37. The summed E-state index contributed by atoms with van der Waals surface area (Å²) >= 11 is 0. The van der Waals surface area contributed by atoms with E-state index in [1.807, 2.05) is 6.07 Å². The molecule has 1 aromatic carbocycles. The molecule has 0 saturated carbocycles. The number of hydrogen-bond acceptors (Lipinski definition) is 3. The van der Waals surface area contributed by atoms with Gasteiger partial charge in [0.1, 0.15) is 28.8 Å². The molecule has 1 N–H and O–H groups in total. The fourth-order valence-corrected chi connectivity index (χ4v) is 4.15. The minimum atomic E-state index is -1.24. The fourth-order valence-electron chi connectivity index (χ4n) is 4.15. The summed E-state index contributed by atoms with van der Waals surface area (Å²) in [6, 6.07) is 6.31. The van der Waals surface area contributed by atoms with E-state index in [0.717, 1.165) is 50.9 Å². The molecule has 7 heteroatoms. The standard InChI is InChI=1S/C23H28F3N3O/c1-3-4-6-17(15-9-11-29(2)12-10-15)20-7-5-8-21(27-20)28-23(30)22-18(25)13-16(24)14-19(22)26/h5,7-8,13-15,17H,3-4,6,9-12H2,1-2H3,(H,27,28,30). The van der Waals surface area contributed by atoms with Crippen molar-refractivity contribution in [3.8, 4) is 0 Å². The van der Waals surface area contributed by atoms with Gasteiger partial charge in [-0.3, -0.25) is 4.79 Å². The lowest BCUT2D eigenvalue weighted by Gasteiger charge is -2.34. The van der Waals surface area contributed by atoms with Crippen LogP contribution < -0.4 is 5.32 Å². The summed E-state index contributed by atoms with van der Waals surface area (Å²) in [5.74, 6) is -3.53.